The molecule has 0 unspecified atom stereocenters. The Bertz CT molecular complexity index is 82.2. The van der Waals surface area contributed by atoms with Crippen LogP contribution in [0.1, 0.15) is 32.1 Å². The van der Waals surface area contributed by atoms with Gasteiger partial charge in [-0.15, -0.1) is 0 Å². The van der Waals surface area contributed by atoms with E-state index in [1.807, 2.05) is 0 Å². The van der Waals surface area contributed by atoms with Crippen LogP contribution in [0.15, 0.2) is 0 Å². The predicted molar refractivity (Wildman–Crippen MR) is 34.1 cm³/mol. The molecule has 2 aliphatic carbocycles. The minimum atomic E-state index is 0.736. The van der Waals surface area contributed by atoms with Crippen molar-refractivity contribution in [3.05, 3.63) is 12.8 Å². The van der Waals surface area contributed by atoms with E-state index in [0.29, 0.717) is 0 Å². The highest BCUT2D eigenvalue weighted by atomic mass is 14.4. The van der Waals surface area contributed by atoms with Crippen LogP contribution in [0.2, 0.25) is 0 Å². The van der Waals surface area contributed by atoms with Gasteiger partial charge in [0.2, 0.25) is 0 Å². The van der Waals surface area contributed by atoms with Gasteiger partial charge in [-0.1, -0.05) is 6.42 Å². The maximum Gasteiger partial charge on any atom is -0.0263 e. The Morgan fingerprint density at radius 1 is 1.12 bits per heavy atom. The van der Waals surface area contributed by atoms with Crippen molar-refractivity contribution in [2.45, 2.75) is 32.1 Å². The SMILES string of the molecule is [CH]1[CH]C2(CC1)CCC2. The third kappa shape index (κ3) is 0.519. The summed E-state index contributed by atoms with van der Waals surface area (Å²) in [4.78, 5) is 0. The zero-order valence-electron chi connectivity index (χ0n) is 5.19. The van der Waals surface area contributed by atoms with Gasteiger partial charge in [0.15, 0.2) is 0 Å². The molecule has 0 saturated heterocycles. The van der Waals surface area contributed by atoms with Gasteiger partial charge in [-0.3, -0.25) is 0 Å². The lowest BCUT2D eigenvalue weighted by Crippen LogP contribution is -2.25. The highest BCUT2D eigenvalue weighted by Gasteiger charge is 2.39. The van der Waals surface area contributed by atoms with Crippen LogP contribution in [-0.2, 0) is 0 Å². The second-order valence-electron chi connectivity index (χ2n) is 3.16. The van der Waals surface area contributed by atoms with Crippen molar-refractivity contribution in [3.63, 3.8) is 0 Å². The molecule has 0 bridgehead atoms. The fraction of sp³-hybridized carbons (Fsp3) is 0.750. The van der Waals surface area contributed by atoms with Crippen LogP contribution in [0, 0.1) is 18.3 Å². The summed E-state index contributed by atoms with van der Waals surface area (Å²) in [6.45, 7) is 0. The van der Waals surface area contributed by atoms with Crippen LogP contribution in [0.25, 0.3) is 0 Å². The van der Waals surface area contributed by atoms with Gasteiger partial charge in [0, 0.05) is 0 Å². The summed E-state index contributed by atoms with van der Waals surface area (Å²) >= 11 is 0. The van der Waals surface area contributed by atoms with Crippen molar-refractivity contribution in [1.29, 1.82) is 0 Å². The van der Waals surface area contributed by atoms with Crippen LogP contribution in [0.5, 0.6) is 0 Å². The molecule has 0 aromatic rings. The molecule has 2 aliphatic rings. The molecule has 8 heavy (non-hydrogen) atoms. The van der Waals surface area contributed by atoms with E-state index in [1.54, 1.807) is 0 Å². The van der Waals surface area contributed by atoms with Crippen molar-refractivity contribution in [2.75, 3.05) is 0 Å². The van der Waals surface area contributed by atoms with E-state index < -0.39 is 0 Å². The Morgan fingerprint density at radius 3 is 2.25 bits per heavy atom. The van der Waals surface area contributed by atoms with Gasteiger partial charge in [0.05, 0.1) is 0 Å². The molecule has 2 rings (SSSR count). The molecular formula is C8H12. The Balaban J connectivity index is 2.01. The first kappa shape index (κ1) is 4.84. The minimum Gasteiger partial charge on any atom is -0.0522 e. The molecule has 0 atom stereocenters. The smallest absolute Gasteiger partial charge is 0.0263 e. The summed E-state index contributed by atoms with van der Waals surface area (Å²) in [5.74, 6) is 0. The molecule has 0 nitrogen and oxygen atoms in total. The number of hydrogen-bond acceptors (Lipinski definition) is 0. The van der Waals surface area contributed by atoms with Crippen molar-refractivity contribution < 1.29 is 0 Å². The molecule has 2 saturated carbocycles. The molecule has 0 aromatic heterocycles. The average Bonchev–Trinajstić information content (AvgIpc) is 2.07. The Kier molecular flexibility index (Phi) is 0.902. The van der Waals surface area contributed by atoms with E-state index in [0.717, 1.165) is 5.41 Å². The molecular weight excluding hydrogens is 96.1 g/mol. The molecule has 0 heterocycles. The zero-order chi connectivity index (χ0) is 5.45. The Hall–Kier alpha value is 0. The zero-order valence-corrected chi connectivity index (χ0v) is 5.19. The van der Waals surface area contributed by atoms with Crippen LogP contribution >= 0.6 is 0 Å². The third-order valence-electron chi connectivity index (χ3n) is 2.63. The lowest BCUT2D eigenvalue weighted by Gasteiger charge is -2.37. The molecule has 44 valence electrons. The third-order valence-corrected chi connectivity index (χ3v) is 2.63. The summed E-state index contributed by atoms with van der Waals surface area (Å²) < 4.78 is 0. The fourth-order valence-electron chi connectivity index (χ4n) is 1.84. The highest BCUT2D eigenvalue weighted by molar-refractivity contribution is 5.11. The van der Waals surface area contributed by atoms with Gasteiger partial charge >= 0.3 is 0 Å². The maximum absolute atomic E-state index is 2.44. The predicted octanol–water partition coefficient (Wildman–Crippen LogP) is 2.36. The molecule has 0 amide bonds. The van der Waals surface area contributed by atoms with E-state index in [-0.39, 0.29) is 0 Å². The Morgan fingerprint density at radius 2 is 2.00 bits per heavy atom. The first-order valence-electron chi connectivity index (χ1n) is 3.59. The van der Waals surface area contributed by atoms with Gasteiger partial charge in [0.25, 0.3) is 0 Å². The lowest BCUT2D eigenvalue weighted by atomic mass is 9.68. The normalized spacial score (nSPS) is 33.0. The Labute approximate surface area is 51.3 Å². The second-order valence-corrected chi connectivity index (χ2v) is 3.16. The lowest BCUT2D eigenvalue weighted by molar-refractivity contribution is 0.191. The monoisotopic (exact) mass is 108 g/mol. The van der Waals surface area contributed by atoms with Gasteiger partial charge < -0.3 is 0 Å². The summed E-state index contributed by atoms with van der Waals surface area (Å²) in [6.07, 6.45) is 12.0. The van der Waals surface area contributed by atoms with Crippen molar-refractivity contribution >= 4 is 0 Å². The quantitative estimate of drug-likeness (QED) is 0.447. The van der Waals surface area contributed by atoms with Gasteiger partial charge in [-0.05, 0) is 43.9 Å². The van der Waals surface area contributed by atoms with Gasteiger partial charge in [-0.25, -0.2) is 0 Å². The summed E-state index contributed by atoms with van der Waals surface area (Å²) in [5, 5.41) is 0. The highest BCUT2D eigenvalue weighted by Crippen LogP contribution is 2.51. The largest absolute Gasteiger partial charge is 0.0522 e. The van der Waals surface area contributed by atoms with Crippen molar-refractivity contribution in [3.8, 4) is 0 Å². The van der Waals surface area contributed by atoms with Crippen molar-refractivity contribution in [1.82, 2.24) is 0 Å². The molecule has 1 spiro atoms. The van der Waals surface area contributed by atoms with E-state index in [2.05, 4.69) is 12.8 Å². The van der Waals surface area contributed by atoms with Crippen LogP contribution < -0.4 is 0 Å². The van der Waals surface area contributed by atoms with Crippen LogP contribution in [-0.4, -0.2) is 0 Å². The molecule has 0 N–H and O–H groups in total. The van der Waals surface area contributed by atoms with Crippen LogP contribution in [0.4, 0.5) is 0 Å². The average molecular weight is 108 g/mol. The van der Waals surface area contributed by atoms with Gasteiger partial charge in [-0.2, -0.15) is 0 Å². The standard InChI is InChI=1S/C8H12/c1-2-5-8(4-1)6-3-7-8/h1,4H,2-3,5-7H2. The van der Waals surface area contributed by atoms with E-state index in [9.17, 15) is 0 Å². The first-order valence-corrected chi connectivity index (χ1v) is 3.59. The number of rotatable bonds is 0. The molecule has 0 aliphatic heterocycles. The van der Waals surface area contributed by atoms with Crippen LogP contribution in [0.3, 0.4) is 0 Å². The summed E-state index contributed by atoms with van der Waals surface area (Å²) in [5.41, 5.74) is 0.736. The first-order chi connectivity index (χ1) is 3.91. The summed E-state index contributed by atoms with van der Waals surface area (Å²) in [6, 6.07) is 0. The molecule has 0 aromatic carbocycles. The molecule has 2 radical (unpaired) electrons. The second kappa shape index (κ2) is 1.49. The maximum atomic E-state index is 2.44. The number of hydrogen-bond donors (Lipinski definition) is 0. The van der Waals surface area contributed by atoms with E-state index in [1.165, 1.54) is 32.1 Å². The fourth-order valence-corrected chi connectivity index (χ4v) is 1.84. The van der Waals surface area contributed by atoms with E-state index >= 15 is 0 Å². The topological polar surface area (TPSA) is 0 Å². The summed E-state index contributed by atoms with van der Waals surface area (Å²) in [7, 11) is 0. The van der Waals surface area contributed by atoms with Crippen molar-refractivity contribution in [2.24, 2.45) is 5.41 Å². The van der Waals surface area contributed by atoms with E-state index in [4.69, 9.17) is 0 Å². The minimum absolute atomic E-state index is 0.736. The van der Waals surface area contributed by atoms with Gasteiger partial charge in [0.1, 0.15) is 0 Å². The molecule has 0 heteroatoms. The molecule has 2 fully saturated rings.